The number of ether oxygens (including phenoxy) is 1. The van der Waals surface area contributed by atoms with E-state index < -0.39 is 0 Å². The molecule has 0 aromatic carbocycles. The number of nitrogen functional groups attached to an aromatic ring is 1. The lowest BCUT2D eigenvalue weighted by Gasteiger charge is -2.31. The molecule has 1 aromatic rings. The highest BCUT2D eigenvalue weighted by molar-refractivity contribution is 5.45. The summed E-state index contributed by atoms with van der Waals surface area (Å²) in [4.78, 5) is 8.58. The predicted octanol–water partition coefficient (Wildman–Crippen LogP) is 1.56. The molecule has 0 saturated heterocycles. The Bertz CT molecular complexity index is 428. The molecule has 2 unspecified atom stereocenters. The fourth-order valence-electron chi connectivity index (χ4n) is 2.66. The first-order chi connectivity index (χ1) is 9.72. The Morgan fingerprint density at radius 1 is 1.40 bits per heavy atom. The Kier molecular flexibility index (Phi) is 5.55. The highest BCUT2D eigenvalue weighted by atomic mass is 16.5. The monoisotopic (exact) mass is 280 g/mol. The summed E-state index contributed by atoms with van der Waals surface area (Å²) in [6.07, 6.45) is 4.47. The van der Waals surface area contributed by atoms with Gasteiger partial charge in [-0.1, -0.05) is 12.8 Å². The second kappa shape index (κ2) is 7.40. The van der Waals surface area contributed by atoms with Crippen molar-refractivity contribution in [2.24, 2.45) is 5.92 Å². The Labute approximate surface area is 119 Å². The van der Waals surface area contributed by atoms with Crippen LogP contribution >= 0.6 is 0 Å². The lowest BCUT2D eigenvalue weighted by Crippen LogP contribution is -2.34. The number of hydrogen-bond donors (Lipinski definition) is 3. The van der Waals surface area contributed by atoms with Crippen LogP contribution in [0.4, 0.5) is 11.6 Å². The molecule has 0 bridgehead atoms. The Balaban J connectivity index is 2.05. The third kappa shape index (κ3) is 4.05. The predicted molar refractivity (Wildman–Crippen MR) is 78.2 cm³/mol. The van der Waals surface area contributed by atoms with E-state index in [0.29, 0.717) is 24.9 Å². The van der Waals surface area contributed by atoms with Gasteiger partial charge in [-0.25, -0.2) is 9.97 Å². The molecule has 1 aliphatic carbocycles. The van der Waals surface area contributed by atoms with E-state index in [-0.39, 0.29) is 18.6 Å². The first-order valence-corrected chi connectivity index (χ1v) is 7.31. The largest absolute Gasteiger partial charge is 0.396 e. The lowest BCUT2D eigenvalue weighted by molar-refractivity contribution is 0.128. The highest BCUT2D eigenvalue weighted by Crippen LogP contribution is 2.26. The molecule has 2 atom stereocenters. The van der Waals surface area contributed by atoms with Gasteiger partial charge in [-0.05, 0) is 19.8 Å². The van der Waals surface area contributed by atoms with Crippen LogP contribution in [0.25, 0.3) is 0 Å². The molecule has 0 aliphatic heterocycles. The van der Waals surface area contributed by atoms with Crippen LogP contribution in [0.15, 0.2) is 6.07 Å². The topological polar surface area (TPSA) is 93.3 Å². The van der Waals surface area contributed by atoms with Gasteiger partial charge in [-0.15, -0.1) is 0 Å². The molecule has 20 heavy (non-hydrogen) atoms. The van der Waals surface area contributed by atoms with Crippen molar-refractivity contribution in [2.45, 2.75) is 45.3 Å². The van der Waals surface area contributed by atoms with Gasteiger partial charge in [0.15, 0.2) is 5.82 Å². The van der Waals surface area contributed by atoms with Crippen LogP contribution < -0.4 is 11.1 Å². The molecule has 4 N–H and O–H groups in total. The fraction of sp³-hybridized carbons (Fsp3) is 0.714. The van der Waals surface area contributed by atoms with Crippen LogP contribution in [-0.4, -0.2) is 34.3 Å². The summed E-state index contributed by atoms with van der Waals surface area (Å²) in [5.74, 6) is 2.03. The summed E-state index contributed by atoms with van der Waals surface area (Å²) in [6.45, 7) is 3.13. The van der Waals surface area contributed by atoms with E-state index in [2.05, 4.69) is 15.3 Å². The van der Waals surface area contributed by atoms with E-state index in [0.717, 1.165) is 18.7 Å². The summed E-state index contributed by atoms with van der Waals surface area (Å²) >= 11 is 0. The normalized spacial score (nSPS) is 22.7. The van der Waals surface area contributed by atoms with Crippen LogP contribution in [0.1, 0.15) is 38.4 Å². The molecule has 6 heteroatoms. The van der Waals surface area contributed by atoms with Gasteiger partial charge in [0.2, 0.25) is 0 Å². The van der Waals surface area contributed by atoms with Crippen LogP contribution in [0, 0.1) is 5.92 Å². The van der Waals surface area contributed by atoms with Crippen molar-refractivity contribution in [3.63, 3.8) is 0 Å². The van der Waals surface area contributed by atoms with Crippen LogP contribution in [0.2, 0.25) is 0 Å². The van der Waals surface area contributed by atoms with Crippen molar-refractivity contribution in [1.29, 1.82) is 0 Å². The average molecular weight is 280 g/mol. The van der Waals surface area contributed by atoms with Crippen LogP contribution in [0.5, 0.6) is 0 Å². The number of nitrogens with zero attached hydrogens (tertiary/aromatic N) is 2. The first-order valence-electron chi connectivity index (χ1n) is 7.31. The lowest BCUT2D eigenvalue weighted by atomic mass is 9.85. The third-order valence-corrected chi connectivity index (χ3v) is 3.70. The maximum absolute atomic E-state index is 9.45. The van der Waals surface area contributed by atoms with E-state index in [1.807, 2.05) is 6.92 Å². The average Bonchev–Trinajstić information content (AvgIpc) is 2.45. The maximum Gasteiger partial charge on any atom is 0.158 e. The first kappa shape index (κ1) is 15.0. The van der Waals surface area contributed by atoms with Crippen molar-refractivity contribution >= 4 is 11.6 Å². The summed E-state index contributed by atoms with van der Waals surface area (Å²) < 4.78 is 5.31. The number of aliphatic hydroxyl groups excluding tert-OH is 1. The fourth-order valence-corrected chi connectivity index (χ4v) is 2.66. The van der Waals surface area contributed by atoms with Crippen LogP contribution in [0.3, 0.4) is 0 Å². The molecule has 1 heterocycles. The molecule has 0 amide bonds. The van der Waals surface area contributed by atoms with Gasteiger partial charge in [0, 0.05) is 31.2 Å². The zero-order valence-corrected chi connectivity index (χ0v) is 12.0. The van der Waals surface area contributed by atoms with Gasteiger partial charge in [-0.3, -0.25) is 0 Å². The number of nitrogens with two attached hydrogens (primary N) is 1. The summed E-state index contributed by atoms with van der Waals surface area (Å²) in [5.41, 5.74) is 5.81. The van der Waals surface area contributed by atoms with Crippen molar-refractivity contribution in [1.82, 2.24) is 9.97 Å². The second-order valence-corrected chi connectivity index (χ2v) is 5.21. The Morgan fingerprint density at radius 2 is 2.20 bits per heavy atom. The molecule has 1 aromatic heterocycles. The SMILES string of the molecule is CCOCc1nc(N)cc(NC2CCCCC2CO)n1. The molecule has 0 radical (unpaired) electrons. The van der Waals surface area contributed by atoms with E-state index in [1.165, 1.54) is 12.8 Å². The van der Waals surface area contributed by atoms with Gasteiger partial charge < -0.3 is 20.9 Å². The van der Waals surface area contributed by atoms with Gasteiger partial charge in [0.1, 0.15) is 18.2 Å². The van der Waals surface area contributed by atoms with Crippen molar-refractivity contribution in [2.75, 3.05) is 24.3 Å². The molecule has 1 saturated carbocycles. The van der Waals surface area contributed by atoms with Crippen molar-refractivity contribution < 1.29 is 9.84 Å². The van der Waals surface area contributed by atoms with E-state index in [4.69, 9.17) is 10.5 Å². The standard InChI is InChI=1S/C14H24N4O2/c1-2-20-9-14-17-12(15)7-13(18-14)16-11-6-4-3-5-10(11)8-19/h7,10-11,19H,2-6,8-9H2,1H3,(H3,15,16,17,18). The van der Waals surface area contributed by atoms with Gasteiger partial charge in [0.05, 0.1) is 0 Å². The zero-order valence-electron chi connectivity index (χ0n) is 12.0. The summed E-state index contributed by atoms with van der Waals surface area (Å²) in [5, 5.41) is 12.8. The quantitative estimate of drug-likeness (QED) is 0.732. The number of hydrogen-bond acceptors (Lipinski definition) is 6. The number of aliphatic hydroxyl groups is 1. The minimum absolute atomic E-state index is 0.212. The summed E-state index contributed by atoms with van der Waals surface area (Å²) in [7, 11) is 0. The summed E-state index contributed by atoms with van der Waals surface area (Å²) in [6, 6.07) is 1.99. The molecular formula is C14H24N4O2. The van der Waals surface area contributed by atoms with Gasteiger partial charge >= 0.3 is 0 Å². The molecule has 6 nitrogen and oxygen atoms in total. The Hall–Kier alpha value is -1.40. The van der Waals surface area contributed by atoms with Crippen molar-refractivity contribution in [3.05, 3.63) is 11.9 Å². The van der Waals surface area contributed by atoms with E-state index >= 15 is 0 Å². The maximum atomic E-state index is 9.45. The third-order valence-electron chi connectivity index (χ3n) is 3.70. The van der Waals surface area contributed by atoms with Gasteiger partial charge in [0.25, 0.3) is 0 Å². The van der Waals surface area contributed by atoms with Crippen molar-refractivity contribution in [3.8, 4) is 0 Å². The zero-order chi connectivity index (χ0) is 14.4. The number of aromatic nitrogens is 2. The Morgan fingerprint density at radius 3 is 2.95 bits per heavy atom. The highest BCUT2D eigenvalue weighted by Gasteiger charge is 2.24. The number of rotatable bonds is 6. The minimum Gasteiger partial charge on any atom is -0.396 e. The van der Waals surface area contributed by atoms with Gasteiger partial charge in [-0.2, -0.15) is 0 Å². The van der Waals surface area contributed by atoms with E-state index in [9.17, 15) is 5.11 Å². The molecular weight excluding hydrogens is 256 g/mol. The second-order valence-electron chi connectivity index (χ2n) is 5.21. The molecule has 2 rings (SSSR count). The molecule has 1 aliphatic rings. The molecule has 112 valence electrons. The number of nitrogens with one attached hydrogen (secondary N) is 1. The smallest absolute Gasteiger partial charge is 0.158 e. The molecule has 1 fully saturated rings. The molecule has 0 spiro atoms. The van der Waals surface area contributed by atoms with E-state index in [1.54, 1.807) is 6.07 Å². The minimum atomic E-state index is 0.212. The van der Waals surface area contributed by atoms with Crippen LogP contribution in [-0.2, 0) is 11.3 Å². The number of anilines is 2.